The first-order chi connectivity index (χ1) is 4.81. The Morgan fingerprint density at radius 3 is 2.80 bits per heavy atom. The fourth-order valence-electron chi connectivity index (χ4n) is 1.70. The van der Waals surface area contributed by atoms with Gasteiger partial charge in [-0.3, -0.25) is 0 Å². The molecule has 1 heterocycles. The zero-order valence-corrected chi connectivity index (χ0v) is 6.47. The van der Waals surface area contributed by atoms with Gasteiger partial charge in [-0.1, -0.05) is 12.2 Å². The van der Waals surface area contributed by atoms with Crippen LogP contribution in [0.1, 0.15) is 26.2 Å². The Morgan fingerprint density at radius 1 is 1.50 bits per heavy atom. The summed E-state index contributed by atoms with van der Waals surface area (Å²) >= 11 is 0. The van der Waals surface area contributed by atoms with E-state index in [1.165, 1.54) is 19.3 Å². The van der Waals surface area contributed by atoms with Gasteiger partial charge in [-0.05, 0) is 32.1 Å². The number of hydrogen-bond acceptors (Lipinski definition) is 1. The first-order valence-corrected chi connectivity index (χ1v) is 4.10. The third-order valence-corrected chi connectivity index (χ3v) is 2.73. The zero-order chi connectivity index (χ0) is 7.03. The van der Waals surface area contributed by atoms with Crippen LogP contribution >= 0.6 is 0 Å². The molecule has 0 spiro atoms. The van der Waals surface area contributed by atoms with Gasteiger partial charge in [-0.15, -0.1) is 0 Å². The van der Waals surface area contributed by atoms with Crippen LogP contribution in [0.2, 0.25) is 0 Å². The van der Waals surface area contributed by atoms with Crippen molar-refractivity contribution >= 4 is 0 Å². The van der Waals surface area contributed by atoms with Crippen molar-refractivity contribution in [3.05, 3.63) is 12.2 Å². The first kappa shape index (κ1) is 6.41. The van der Waals surface area contributed by atoms with Gasteiger partial charge in [0.2, 0.25) is 0 Å². The molecule has 1 aliphatic carbocycles. The summed E-state index contributed by atoms with van der Waals surface area (Å²) in [5.74, 6) is 0.803. The van der Waals surface area contributed by atoms with Crippen LogP contribution in [0.4, 0.5) is 0 Å². The maximum atomic E-state index is 5.40. The molecule has 1 aliphatic heterocycles. The summed E-state index contributed by atoms with van der Waals surface area (Å²) in [7, 11) is 0. The van der Waals surface area contributed by atoms with Crippen molar-refractivity contribution in [2.45, 2.75) is 31.8 Å². The average Bonchev–Trinajstić information content (AvgIpc) is 2.72. The summed E-state index contributed by atoms with van der Waals surface area (Å²) in [6, 6.07) is 0. The van der Waals surface area contributed by atoms with Crippen molar-refractivity contribution in [1.82, 2.24) is 0 Å². The monoisotopic (exact) mass is 138 g/mol. The molecule has 1 saturated heterocycles. The molecule has 10 heavy (non-hydrogen) atoms. The smallest absolute Gasteiger partial charge is 0.0919 e. The molecule has 0 bridgehead atoms. The van der Waals surface area contributed by atoms with Crippen LogP contribution in [-0.4, -0.2) is 12.2 Å². The van der Waals surface area contributed by atoms with Crippen LogP contribution in [0.25, 0.3) is 0 Å². The highest BCUT2D eigenvalue weighted by atomic mass is 16.6. The van der Waals surface area contributed by atoms with Crippen molar-refractivity contribution in [2.75, 3.05) is 6.61 Å². The van der Waals surface area contributed by atoms with Gasteiger partial charge in [-0.25, -0.2) is 0 Å². The Kier molecular flexibility index (Phi) is 1.34. The van der Waals surface area contributed by atoms with E-state index in [1.54, 1.807) is 0 Å². The van der Waals surface area contributed by atoms with E-state index < -0.39 is 0 Å². The topological polar surface area (TPSA) is 12.5 Å². The lowest BCUT2D eigenvalue weighted by molar-refractivity contribution is 0.222. The van der Waals surface area contributed by atoms with Gasteiger partial charge in [0.1, 0.15) is 0 Å². The van der Waals surface area contributed by atoms with Crippen LogP contribution in [0, 0.1) is 5.92 Å². The molecular weight excluding hydrogens is 124 g/mol. The minimum Gasteiger partial charge on any atom is -0.370 e. The average molecular weight is 138 g/mol. The fourth-order valence-corrected chi connectivity index (χ4v) is 1.70. The summed E-state index contributed by atoms with van der Waals surface area (Å²) in [4.78, 5) is 0. The third kappa shape index (κ3) is 0.988. The zero-order valence-electron chi connectivity index (χ0n) is 6.47. The maximum Gasteiger partial charge on any atom is 0.0919 e. The molecule has 0 N–H and O–H groups in total. The largest absolute Gasteiger partial charge is 0.370 e. The van der Waals surface area contributed by atoms with Crippen LogP contribution in [0.5, 0.6) is 0 Å². The molecule has 2 aliphatic rings. The fraction of sp³-hybridized carbons (Fsp3) is 0.778. The number of epoxide rings is 1. The molecular formula is C9H14O. The number of allylic oxidation sites excluding steroid dienone is 2. The normalized spacial score (nSPS) is 45.5. The Hall–Kier alpha value is -0.300. The molecule has 0 saturated carbocycles. The number of rotatable bonds is 1. The molecule has 0 aromatic heterocycles. The standard InChI is InChI=1S/C9H14O/c1-9(7-10-9)8-5-3-2-4-6-8/h2-3,8H,4-7H2,1H3. The van der Waals surface area contributed by atoms with Crippen molar-refractivity contribution in [1.29, 1.82) is 0 Å². The van der Waals surface area contributed by atoms with Gasteiger partial charge in [0, 0.05) is 0 Å². The van der Waals surface area contributed by atoms with Gasteiger partial charge in [0.25, 0.3) is 0 Å². The van der Waals surface area contributed by atoms with E-state index >= 15 is 0 Å². The highest BCUT2D eigenvalue weighted by Gasteiger charge is 2.45. The summed E-state index contributed by atoms with van der Waals surface area (Å²) in [5.41, 5.74) is 0.269. The summed E-state index contributed by atoms with van der Waals surface area (Å²) < 4.78 is 5.40. The van der Waals surface area contributed by atoms with E-state index in [0.717, 1.165) is 12.5 Å². The Bertz CT molecular complexity index is 156. The van der Waals surface area contributed by atoms with Crippen LogP contribution in [0.15, 0.2) is 12.2 Å². The highest BCUT2D eigenvalue weighted by molar-refractivity contribution is 5.01. The predicted molar refractivity (Wildman–Crippen MR) is 40.8 cm³/mol. The lowest BCUT2D eigenvalue weighted by Crippen LogP contribution is -2.21. The summed E-state index contributed by atoms with van der Waals surface area (Å²) in [5, 5.41) is 0. The molecule has 56 valence electrons. The van der Waals surface area contributed by atoms with Gasteiger partial charge in [-0.2, -0.15) is 0 Å². The van der Waals surface area contributed by atoms with Gasteiger partial charge >= 0.3 is 0 Å². The second-order valence-corrected chi connectivity index (χ2v) is 3.58. The molecule has 0 aromatic rings. The van der Waals surface area contributed by atoms with Crippen molar-refractivity contribution in [3.8, 4) is 0 Å². The van der Waals surface area contributed by atoms with E-state index in [9.17, 15) is 0 Å². The first-order valence-electron chi connectivity index (χ1n) is 4.10. The quantitative estimate of drug-likeness (QED) is 0.399. The molecule has 2 unspecified atom stereocenters. The van der Waals surface area contributed by atoms with Gasteiger partial charge in [0.15, 0.2) is 0 Å². The van der Waals surface area contributed by atoms with E-state index in [-0.39, 0.29) is 5.60 Å². The minimum absolute atomic E-state index is 0.269. The van der Waals surface area contributed by atoms with Crippen LogP contribution in [-0.2, 0) is 4.74 Å². The molecule has 0 radical (unpaired) electrons. The Morgan fingerprint density at radius 2 is 2.30 bits per heavy atom. The minimum atomic E-state index is 0.269. The SMILES string of the molecule is CC1(C2CC=CCC2)CO1. The molecule has 2 atom stereocenters. The summed E-state index contributed by atoms with van der Waals surface area (Å²) in [6.07, 6.45) is 8.39. The van der Waals surface area contributed by atoms with E-state index in [1.807, 2.05) is 0 Å². The molecule has 0 aromatic carbocycles. The highest BCUT2D eigenvalue weighted by Crippen LogP contribution is 2.40. The second-order valence-electron chi connectivity index (χ2n) is 3.58. The van der Waals surface area contributed by atoms with Crippen molar-refractivity contribution in [3.63, 3.8) is 0 Å². The van der Waals surface area contributed by atoms with Crippen molar-refractivity contribution in [2.24, 2.45) is 5.92 Å². The van der Waals surface area contributed by atoms with Gasteiger partial charge < -0.3 is 4.74 Å². The summed E-state index contributed by atoms with van der Waals surface area (Å²) in [6.45, 7) is 3.22. The molecule has 0 amide bonds. The Labute approximate surface area is 62.1 Å². The molecule has 1 nitrogen and oxygen atoms in total. The van der Waals surface area contributed by atoms with Crippen LogP contribution < -0.4 is 0 Å². The predicted octanol–water partition coefficient (Wildman–Crippen LogP) is 2.13. The lowest BCUT2D eigenvalue weighted by Gasteiger charge is -2.21. The molecule has 2 rings (SSSR count). The number of ether oxygens (including phenoxy) is 1. The second kappa shape index (κ2) is 2.09. The van der Waals surface area contributed by atoms with Crippen LogP contribution in [0.3, 0.4) is 0 Å². The number of hydrogen-bond donors (Lipinski definition) is 0. The van der Waals surface area contributed by atoms with Gasteiger partial charge in [0.05, 0.1) is 12.2 Å². The lowest BCUT2D eigenvalue weighted by atomic mass is 9.84. The molecule has 1 fully saturated rings. The van der Waals surface area contributed by atoms with Crippen molar-refractivity contribution < 1.29 is 4.74 Å². The maximum absolute atomic E-state index is 5.40. The van der Waals surface area contributed by atoms with E-state index in [2.05, 4.69) is 19.1 Å². The van der Waals surface area contributed by atoms with E-state index in [0.29, 0.717) is 0 Å². The van der Waals surface area contributed by atoms with E-state index in [4.69, 9.17) is 4.74 Å². The Balaban J connectivity index is 1.99. The third-order valence-electron chi connectivity index (χ3n) is 2.73. The molecule has 1 heteroatoms.